The molecule has 0 heterocycles. The van der Waals surface area contributed by atoms with Gasteiger partial charge in [-0.05, 0) is 72.4 Å². The highest BCUT2D eigenvalue weighted by Gasteiger charge is 2.18. The monoisotopic (exact) mass is 436 g/mol. The molecular weight excluding hydrogens is 412 g/mol. The Labute approximate surface area is 186 Å². The van der Waals surface area contributed by atoms with Crippen LogP contribution in [0.1, 0.15) is 50.2 Å². The molecule has 4 rings (SSSR count). The molecule has 32 heavy (non-hydrogen) atoms. The smallest absolute Gasteiger partial charge is 0.206 e. The molecule has 0 unspecified atom stereocenters. The number of benzene rings is 3. The highest BCUT2D eigenvalue weighted by atomic mass is 19.3. The van der Waals surface area contributed by atoms with Crippen LogP contribution in [0.2, 0.25) is 0 Å². The fraction of sp³-hybridized carbons (Fsp3) is 0.286. The van der Waals surface area contributed by atoms with Crippen molar-refractivity contribution in [1.29, 1.82) is 0 Å². The minimum atomic E-state index is -2.14. The predicted molar refractivity (Wildman–Crippen MR) is 122 cm³/mol. The van der Waals surface area contributed by atoms with Crippen LogP contribution in [0.25, 0.3) is 28.0 Å². The predicted octanol–water partition coefficient (Wildman–Crippen LogP) is 8.59. The van der Waals surface area contributed by atoms with E-state index >= 15 is 0 Å². The van der Waals surface area contributed by atoms with E-state index in [1.807, 2.05) is 24.3 Å². The van der Waals surface area contributed by atoms with E-state index in [1.54, 1.807) is 12.1 Å². The lowest BCUT2D eigenvalue weighted by molar-refractivity contribution is 0.309. The van der Waals surface area contributed by atoms with Gasteiger partial charge in [-0.25, -0.2) is 8.78 Å². The summed E-state index contributed by atoms with van der Waals surface area (Å²) in [4.78, 5) is 0. The number of hydrogen-bond acceptors (Lipinski definition) is 0. The molecule has 164 valence electrons. The Morgan fingerprint density at radius 1 is 0.938 bits per heavy atom. The van der Waals surface area contributed by atoms with Crippen LogP contribution in [-0.2, 0) is 0 Å². The van der Waals surface area contributed by atoms with E-state index in [2.05, 4.69) is 18.8 Å². The van der Waals surface area contributed by atoms with Crippen molar-refractivity contribution in [3.8, 4) is 23.0 Å². The van der Waals surface area contributed by atoms with Crippen molar-refractivity contribution in [3.05, 3.63) is 77.4 Å². The molecule has 1 aliphatic rings. The van der Waals surface area contributed by atoms with Crippen LogP contribution >= 0.6 is 0 Å². The Hall–Kier alpha value is -3.06. The SMILES string of the molecule is CCC1CCC(C#Cc2ccc(-c3ccc4c(F)c(C=C(F)F)c(F)cc4c3)cc2)CC1. The topological polar surface area (TPSA) is 0 Å². The van der Waals surface area contributed by atoms with Crippen molar-refractivity contribution in [3.63, 3.8) is 0 Å². The summed E-state index contributed by atoms with van der Waals surface area (Å²) in [5, 5.41) is 0.420. The second-order valence-electron chi connectivity index (χ2n) is 8.43. The lowest BCUT2D eigenvalue weighted by atomic mass is 9.81. The van der Waals surface area contributed by atoms with Crippen molar-refractivity contribution in [2.45, 2.75) is 39.0 Å². The Bertz CT molecular complexity index is 1200. The van der Waals surface area contributed by atoms with E-state index in [0.717, 1.165) is 28.7 Å². The van der Waals surface area contributed by atoms with Gasteiger partial charge in [0.1, 0.15) is 11.6 Å². The maximum absolute atomic E-state index is 14.5. The van der Waals surface area contributed by atoms with Gasteiger partial charge in [-0.3, -0.25) is 0 Å². The van der Waals surface area contributed by atoms with Gasteiger partial charge in [0, 0.05) is 22.9 Å². The van der Waals surface area contributed by atoms with Gasteiger partial charge in [0.15, 0.2) is 0 Å². The minimum absolute atomic E-state index is 0.0999. The van der Waals surface area contributed by atoms with Gasteiger partial charge in [-0.1, -0.05) is 49.5 Å². The lowest BCUT2D eigenvalue weighted by Crippen LogP contribution is -2.12. The molecule has 0 N–H and O–H groups in total. The van der Waals surface area contributed by atoms with Crippen molar-refractivity contribution in [2.24, 2.45) is 11.8 Å². The third-order valence-corrected chi connectivity index (χ3v) is 6.38. The highest BCUT2D eigenvalue weighted by molar-refractivity contribution is 5.89. The van der Waals surface area contributed by atoms with E-state index in [4.69, 9.17) is 0 Å². The molecule has 0 radical (unpaired) electrons. The first-order chi connectivity index (χ1) is 15.4. The van der Waals surface area contributed by atoms with Gasteiger partial charge in [0.25, 0.3) is 6.08 Å². The van der Waals surface area contributed by atoms with E-state index < -0.39 is 23.3 Å². The molecular formula is C28H24F4. The molecule has 0 saturated heterocycles. The van der Waals surface area contributed by atoms with Crippen LogP contribution in [0.5, 0.6) is 0 Å². The third-order valence-electron chi connectivity index (χ3n) is 6.38. The molecule has 0 aromatic heterocycles. The molecule has 3 aromatic carbocycles. The molecule has 0 amide bonds. The summed E-state index contributed by atoms with van der Waals surface area (Å²) in [5.74, 6) is 6.00. The number of fused-ring (bicyclic) bond motifs is 1. The quantitative estimate of drug-likeness (QED) is 0.285. The van der Waals surface area contributed by atoms with E-state index in [-0.39, 0.29) is 11.5 Å². The van der Waals surface area contributed by atoms with Gasteiger partial charge in [0.2, 0.25) is 0 Å². The Balaban J connectivity index is 1.55. The first-order valence-corrected chi connectivity index (χ1v) is 11.0. The van der Waals surface area contributed by atoms with Crippen LogP contribution in [0.3, 0.4) is 0 Å². The average Bonchev–Trinajstić information content (AvgIpc) is 2.80. The highest BCUT2D eigenvalue weighted by Crippen LogP contribution is 2.31. The zero-order valence-corrected chi connectivity index (χ0v) is 17.9. The summed E-state index contributed by atoms with van der Waals surface area (Å²) in [5.41, 5.74) is 1.89. The van der Waals surface area contributed by atoms with Gasteiger partial charge < -0.3 is 0 Å². The summed E-state index contributed by atoms with van der Waals surface area (Å²) in [6.07, 6.45) is 4.19. The molecule has 0 atom stereocenters. The maximum Gasteiger partial charge on any atom is 0.271 e. The second kappa shape index (κ2) is 9.61. The van der Waals surface area contributed by atoms with Crippen LogP contribution in [0.4, 0.5) is 17.6 Å². The Kier molecular flexibility index (Phi) is 6.65. The van der Waals surface area contributed by atoms with Crippen LogP contribution < -0.4 is 0 Å². The number of hydrogen-bond donors (Lipinski definition) is 0. The van der Waals surface area contributed by atoms with Gasteiger partial charge in [0.05, 0.1) is 5.56 Å². The summed E-state index contributed by atoms with van der Waals surface area (Å²) < 4.78 is 53.7. The van der Waals surface area contributed by atoms with Crippen molar-refractivity contribution < 1.29 is 17.6 Å². The standard InChI is InChI=1S/C28H24F4/c1-2-18-3-5-19(6-4-18)7-8-20-9-11-21(12-10-20)22-13-14-24-23(15-22)16-26(29)25(28(24)32)17-27(30)31/h9-19H,2-6H2,1H3. The summed E-state index contributed by atoms with van der Waals surface area (Å²) in [6.45, 7) is 2.25. The molecule has 1 aliphatic carbocycles. The normalized spacial score (nSPS) is 18.2. The van der Waals surface area contributed by atoms with Crippen molar-refractivity contribution in [2.75, 3.05) is 0 Å². The molecule has 1 fully saturated rings. The molecule has 0 aliphatic heterocycles. The first kappa shape index (κ1) is 22.1. The number of halogens is 4. The fourth-order valence-electron chi connectivity index (χ4n) is 4.41. The Morgan fingerprint density at radius 3 is 2.28 bits per heavy atom. The zero-order chi connectivity index (χ0) is 22.7. The van der Waals surface area contributed by atoms with E-state index in [9.17, 15) is 17.6 Å². The van der Waals surface area contributed by atoms with E-state index in [0.29, 0.717) is 11.3 Å². The second-order valence-corrected chi connectivity index (χ2v) is 8.43. The van der Waals surface area contributed by atoms with Gasteiger partial charge in [-0.2, -0.15) is 8.78 Å². The minimum Gasteiger partial charge on any atom is -0.206 e. The van der Waals surface area contributed by atoms with Gasteiger partial charge >= 0.3 is 0 Å². The third kappa shape index (κ3) is 4.88. The van der Waals surface area contributed by atoms with Crippen molar-refractivity contribution >= 4 is 16.8 Å². The Morgan fingerprint density at radius 2 is 1.62 bits per heavy atom. The summed E-state index contributed by atoms with van der Waals surface area (Å²) in [7, 11) is 0. The molecule has 4 heteroatoms. The molecule has 3 aromatic rings. The van der Waals surface area contributed by atoms with E-state index in [1.165, 1.54) is 38.2 Å². The average molecular weight is 436 g/mol. The van der Waals surface area contributed by atoms with Gasteiger partial charge in [-0.15, -0.1) is 0 Å². The summed E-state index contributed by atoms with van der Waals surface area (Å²) in [6, 6.07) is 13.7. The number of rotatable bonds is 3. The van der Waals surface area contributed by atoms with Crippen LogP contribution in [-0.4, -0.2) is 0 Å². The lowest BCUT2D eigenvalue weighted by Gasteiger charge is -2.24. The molecule has 1 saturated carbocycles. The van der Waals surface area contributed by atoms with Crippen LogP contribution in [0, 0.1) is 35.3 Å². The first-order valence-electron chi connectivity index (χ1n) is 11.0. The molecule has 0 bridgehead atoms. The molecule has 0 nitrogen and oxygen atoms in total. The largest absolute Gasteiger partial charge is 0.271 e. The van der Waals surface area contributed by atoms with Crippen LogP contribution in [0.15, 0.2) is 54.6 Å². The van der Waals surface area contributed by atoms with Crippen molar-refractivity contribution in [1.82, 2.24) is 0 Å². The maximum atomic E-state index is 14.5. The zero-order valence-electron chi connectivity index (χ0n) is 17.9. The fourth-order valence-corrected chi connectivity index (χ4v) is 4.41. The molecule has 0 spiro atoms. The summed E-state index contributed by atoms with van der Waals surface area (Å²) >= 11 is 0.